The second-order valence-corrected chi connectivity index (χ2v) is 7.34. The van der Waals surface area contributed by atoms with Crippen molar-refractivity contribution in [2.24, 2.45) is 0 Å². The molecule has 5 heteroatoms. The highest BCUT2D eigenvalue weighted by atomic mass is 35.5. The van der Waals surface area contributed by atoms with E-state index in [1.807, 2.05) is 24.4 Å². The molecule has 0 atom stereocenters. The van der Waals surface area contributed by atoms with E-state index >= 15 is 0 Å². The van der Waals surface area contributed by atoms with Gasteiger partial charge in [-0.15, -0.1) is 0 Å². The third-order valence-electron chi connectivity index (χ3n) is 4.59. The van der Waals surface area contributed by atoms with Crippen molar-refractivity contribution in [3.8, 4) is 0 Å². The first-order valence-corrected chi connectivity index (χ1v) is 9.56. The fourth-order valence-corrected chi connectivity index (χ4v) is 3.74. The average Bonchev–Trinajstić information content (AvgIpc) is 3.03. The van der Waals surface area contributed by atoms with Gasteiger partial charge in [0.1, 0.15) is 0 Å². The lowest BCUT2D eigenvalue weighted by Crippen LogP contribution is -2.12. The Morgan fingerprint density at radius 3 is 2.63 bits per heavy atom. The molecule has 0 aliphatic heterocycles. The number of hydrogen-bond acceptors (Lipinski definition) is 2. The van der Waals surface area contributed by atoms with Gasteiger partial charge in [0.15, 0.2) is 0 Å². The molecule has 0 unspecified atom stereocenters. The quantitative estimate of drug-likeness (QED) is 0.454. The van der Waals surface area contributed by atoms with E-state index in [1.165, 1.54) is 22.0 Å². The molecule has 0 spiro atoms. The van der Waals surface area contributed by atoms with Crippen LogP contribution in [0.3, 0.4) is 0 Å². The van der Waals surface area contributed by atoms with Gasteiger partial charge in [0.05, 0.1) is 0 Å². The van der Waals surface area contributed by atoms with Gasteiger partial charge in [0.2, 0.25) is 0 Å². The Bertz CT molecular complexity index is 1060. The monoisotopic (exact) mass is 395 g/mol. The Hall–Kier alpha value is -2.33. The van der Waals surface area contributed by atoms with E-state index in [0.717, 1.165) is 18.7 Å². The molecule has 0 aliphatic rings. The number of fused-ring (bicyclic) bond motifs is 1. The topological polar surface area (TPSA) is 29.9 Å². The molecule has 136 valence electrons. The first kappa shape index (κ1) is 18.1. The fourth-order valence-electron chi connectivity index (χ4n) is 3.27. The predicted octanol–water partition coefficient (Wildman–Crippen LogP) is 5.68. The summed E-state index contributed by atoms with van der Waals surface area (Å²) in [6.45, 7) is 2.28. The minimum atomic E-state index is 0.654. The summed E-state index contributed by atoms with van der Waals surface area (Å²) in [6, 6.07) is 18.1. The SMILES string of the molecule is Clc1ccc(Cn2cc(CNCc3cccnc3)c3ccccc32)c(Cl)c1. The molecule has 2 heterocycles. The van der Waals surface area contributed by atoms with Crippen LogP contribution in [0.4, 0.5) is 0 Å². The standard InChI is InChI=1S/C22H19Cl2N3/c23-19-8-7-17(21(24)10-19)14-27-15-18(20-5-1-2-6-22(20)27)13-26-12-16-4-3-9-25-11-16/h1-11,15,26H,12-14H2. The largest absolute Gasteiger partial charge is 0.343 e. The molecule has 4 aromatic rings. The molecule has 2 aromatic heterocycles. The lowest BCUT2D eigenvalue weighted by Gasteiger charge is -2.08. The maximum absolute atomic E-state index is 6.37. The second-order valence-electron chi connectivity index (χ2n) is 6.50. The zero-order valence-electron chi connectivity index (χ0n) is 14.7. The van der Waals surface area contributed by atoms with Gasteiger partial charge in [-0.2, -0.15) is 0 Å². The Kier molecular flexibility index (Phi) is 5.44. The number of nitrogens with one attached hydrogen (secondary N) is 1. The molecule has 0 fully saturated rings. The van der Waals surface area contributed by atoms with E-state index in [1.54, 1.807) is 12.3 Å². The van der Waals surface area contributed by atoms with E-state index in [-0.39, 0.29) is 0 Å². The van der Waals surface area contributed by atoms with Crippen LogP contribution in [0.2, 0.25) is 10.0 Å². The number of nitrogens with zero attached hydrogens (tertiary/aromatic N) is 2. The molecule has 3 nitrogen and oxygen atoms in total. The van der Waals surface area contributed by atoms with Crippen molar-refractivity contribution in [1.82, 2.24) is 14.9 Å². The smallest absolute Gasteiger partial charge is 0.0491 e. The Morgan fingerprint density at radius 2 is 1.81 bits per heavy atom. The second kappa shape index (κ2) is 8.13. The minimum Gasteiger partial charge on any atom is -0.343 e. The van der Waals surface area contributed by atoms with Crippen molar-refractivity contribution in [3.63, 3.8) is 0 Å². The molecule has 0 aliphatic carbocycles. The lowest BCUT2D eigenvalue weighted by atomic mass is 10.1. The van der Waals surface area contributed by atoms with Crippen molar-refractivity contribution in [2.45, 2.75) is 19.6 Å². The van der Waals surface area contributed by atoms with Gasteiger partial charge in [0, 0.05) is 59.2 Å². The predicted molar refractivity (Wildman–Crippen MR) is 112 cm³/mol. The molecule has 0 amide bonds. The molecule has 4 rings (SSSR count). The third kappa shape index (κ3) is 4.16. The summed E-state index contributed by atoms with van der Waals surface area (Å²) < 4.78 is 2.24. The molecule has 0 saturated heterocycles. The van der Waals surface area contributed by atoms with Crippen LogP contribution in [0.5, 0.6) is 0 Å². The number of halogens is 2. The molecule has 0 radical (unpaired) electrons. The first-order valence-electron chi connectivity index (χ1n) is 8.81. The number of aromatic nitrogens is 2. The van der Waals surface area contributed by atoms with Gasteiger partial charge in [-0.3, -0.25) is 4.98 Å². The highest BCUT2D eigenvalue weighted by Crippen LogP contribution is 2.26. The summed E-state index contributed by atoms with van der Waals surface area (Å²) in [6.07, 6.45) is 5.88. The molecule has 0 saturated carbocycles. The fraction of sp³-hybridized carbons (Fsp3) is 0.136. The maximum atomic E-state index is 6.37. The number of hydrogen-bond donors (Lipinski definition) is 1. The summed E-state index contributed by atoms with van der Waals surface area (Å²) in [4.78, 5) is 4.16. The zero-order chi connectivity index (χ0) is 18.6. The van der Waals surface area contributed by atoms with Gasteiger partial charge in [-0.25, -0.2) is 0 Å². The van der Waals surface area contributed by atoms with Crippen LogP contribution >= 0.6 is 23.2 Å². The van der Waals surface area contributed by atoms with Crippen molar-refractivity contribution in [3.05, 3.63) is 99.9 Å². The Balaban J connectivity index is 1.57. The van der Waals surface area contributed by atoms with Crippen LogP contribution in [0.15, 0.2) is 73.2 Å². The van der Waals surface area contributed by atoms with Crippen LogP contribution in [0.25, 0.3) is 10.9 Å². The van der Waals surface area contributed by atoms with Gasteiger partial charge >= 0.3 is 0 Å². The van der Waals surface area contributed by atoms with Crippen molar-refractivity contribution < 1.29 is 0 Å². The number of benzene rings is 2. The van der Waals surface area contributed by atoms with Crippen LogP contribution < -0.4 is 5.32 Å². The number of rotatable bonds is 6. The molecular formula is C22H19Cl2N3. The Morgan fingerprint density at radius 1 is 0.926 bits per heavy atom. The molecule has 27 heavy (non-hydrogen) atoms. The van der Waals surface area contributed by atoms with E-state index in [4.69, 9.17) is 23.2 Å². The molecule has 1 N–H and O–H groups in total. The molecule has 0 bridgehead atoms. The summed E-state index contributed by atoms with van der Waals surface area (Å²) in [5.74, 6) is 0. The highest BCUT2D eigenvalue weighted by Gasteiger charge is 2.10. The first-order chi connectivity index (χ1) is 13.2. The lowest BCUT2D eigenvalue weighted by molar-refractivity contribution is 0.690. The van der Waals surface area contributed by atoms with Crippen molar-refractivity contribution in [2.75, 3.05) is 0 Å². The maximum Gasteiger partial charge on any atom is 0.0491 e. The summed E-state index contributed by atoms with van der Waals surface area (Å²) in [5.41, 5.74) is 4.69. The van der Waals surface area contributed by atoms with E-state index in [0.29, 0.717) is 16.6 Å². The average molecular weight is 396 g/mol. The van der Waals surface area contributed by atoms with Crippen molar-refractivity contribution in [1.29, 1.82) is 0 Å². The number of para-hydroxylation sites is 1. The Labute approximate surface area is 168 Å². The summed E-state index contributed by atoms with van der Waals surface area (Å²) in [7, 11) is 0. The number of pyridine rings is 1. The minimum absolute atomic E-state index is 0.654. The van der Waals surface area contributed by atoms with Gasteiger partial charge in [0.25, 0.3) is 0 Å². The normalized spacial score (nSPS) is 11.2. The summed E-state index contributed by atoms with van der Waals surface area (Å²) >= 11 is 12.4. The molecule has 2 aromatic carbocycles. The van der Waals surface area contributed by atoms with Gasteiger partial charge < -0.3 is 9.88 Å². The van der Waals surface area contributed by atoms with Crippen LogP contribution in [-0.4, -0.2) is 9.55 Å². The van der Waals surface area contributed by atoms with Gasteiger partial charge in [-0.1, -0.05) is 53.5 Å². The van der Waals surface area contributed by atoms with E-state index in [2.05, 4.69) is 51.4 Å². The van der Waals surface area contributed by atoms with Crippen LogP contribution in [0, 0.1) is 0 Å². The summed E-state index contributed by atoms with van der Waals surface area (Å²) in [5, 5.41) is 6.11. The molecular weight excluding hydrogens is 377 g/mol. The third-order valence-corrected chi connectivity index (χ3v) is 5.18. The van der Waals surface area contributed by atoms with Crippen LogP contribution in [-0.2, 0) is 19.6 Å². The van der Waals surface area contributed by atoms with Gasteiger partial charge in [-0.05, 0) is 41.0 Å². The highest BCUT2D eigenvalue weighted by molar-refractivity contribution is 6.35. The van der Waals surface area contributed by atoms with Crippen LogP contribution in [0.1, 0.15) is 16.7 Å². The van der Waals surface area contributed by atoms with E-state index < -0.39 is 0 Å². The van der Waals surface area contributed by atoms with Crippen molar-refractivity contribution >= 4 is 34.1 Å². The van der Waals surface area contributed by atoms with E-state index in [9.17, 15) is 0 Å². The zero-order valence-corrected chi connectivity index (χ0v) is 16.2.